The number of aromatic nitrogens is 2. The van der Waals surface area contributed by atoms with Gasteiger partial charge in [-0.1, -0.05) is 12.1 Å². The van der Waals surface area contributed by atoms with E-state index < -0.39 is 11.7 Å². The summed E-state index contributed by atoms with van der Waals surface area (Å²) >= 11 is 0. The molecule has 26 heavy (non-hydrogen) atoms. The molecule has 5 nitrogen and oxygen atoms in total. The van der Waals surface area contributed by atoms with Crippen LogP contribution in [0.2, 0.25) is 0 Å². The van der Waals surface area contributed by atoms with E-state index in [1.165, 1.54) is 12.1 Å². The molecule has 0 spiro atoms. The minimum absolute atomic E-state index is 0. The molecule has 0 amide bonds. The van der Waals surface area contributed by atoms with Crippen LogP contribution in [0.4, 0.5) is 13.2 Å². The molecule has 2 aromatic rings. The van der Waals surface area contributed by atoms with Gasteiger partial charge in [0, 0.05) is 33.4 Å². The van der Waals surface area contributed by atoms with Crippen molar-refractivity contribution in [3.63, 3.8) is 0 Å². The van der Waals surface area contributed by atoms with Gasteiger partial charge in [-0.05, 0) is 30.2 Å². The fourth-order valence-electron chi connectivity index (χ4n) is 2.40. The number of aliphatic imine (C=N–C) groups is 1. The Labute approximate surface area is 168 Å². The predicted molar refractivity (Wildman–Crippen MR) is 107 cm³/mol. The second-order valence-corrected chi connectivity index (χ2v) is 5.81. The van der Waals surface area contributed by atoms with E-state index in [-0.39, 0.29) is 24.0 Å². The monoisotopic (exact) mass is 481 g/mol. The minimum atomic E-state index is -4.31. The van der Waals surface area contributed by atoms with Gasteiger partial charge in [0.15, 0.2) is 5.96 Å². The molecule has 0 aliphatic rings. The lowest BCUT2D eigenvalue weighted by Crippen LogP contribution is -2.39. The topological polar surface area (TPSA) is 45.5 Å². The average molecular weight is 481 g/mol. The van der Waals surface area contributed by atoms with Crippen molar-refractivity contribution in [2.24, 2.45) is 4.99 Å². The zero-order valence-corrected chi connectivity index (χ0v) is 17.2. The van der Waals surface area contributed by atoms with Gasteiger partial charge in [-0.25, -0.2) is 0 Å². The molecule has 0 fully saturated rings. The van der Waals surface area contributed by atoms with Gasteiger partial charge in [0.25, 0.3) is 0 Å². The quantitative estimate of drug-likeness (QED) is 0.404. The number of rotatable bonds is 5. The molecular weight excluding hydrogens is 458 g/mol. The largest absolute Gasteiger partial charge is 0.416 e. The summed E-state index contributed by atoms with van der Waals surface area (Å²) in [6.45, 7) is 3.78. The van der Waals surface area contributed by atoms with E-state index in [1.807, 2.05) is 29.7 Å². The molecule has 1 heterocycles. The van der Waals surface area contributed by atoms with E-state index in [1.54, 1.807) is 13.2 Å². The van der Waals surface area contributed by atoms with Gasteiger partial charge >= 0.3 is 6.18 Å². The first-order chi connectivity index (χ1) is 11.8. The Kier molecular flexibility index (Phi) is 8.38. The Morgan fingerprint density at radius 2 is 1.92 bits per heavy atom. The molecule has 0 saturated heterocycles. The number of benzene rings is 1. The van der Waals surface area contributed by atoms with Crippen LogP contribution in [0.1, 0.15) is 16.7 Å². The van der Waals surface area contributed by atoms with Crippen LogP contribution in [0.25, 0.3) is 0 Å². The molecule has 0 aliphatic carbocycles. The summed E-state index contributed by atoms with van der Waals surface area (Å²) in [5.74, 6) is 0.670. The fraction of sp³-hybridized carbons (Fsp3) is 0.412. The fourth-order valence-corrected chi connectivity index (χ4v) is 2.40. The lowest BCUT2D eigenvalue weighted by molar-refractivity contribution is -0.137. The molecule has 0 saturated carbocycles. The van der Waals surface area contributed by atoms with Gasteiger partial charge in [0.1, 0.15) is 0 Å². The van der Waals surface area contributed by atoms with Gasteiger partial charge in [0.05, 0.1) is 18.3 Å². The maximum atomic E-state index is 12.6. The lowest BCUT2D eigenvalue weighted by Gasteiger charge is -2.22. The molecule has 1 aromatic carbocycles. The van der Waals surface area contributed by atoms with Crippen molar-refractivity contribution in [3.8, 4) is 0 Å². The van der Waals surface area contributed by atoms with E-state index in [0.717, 1.165) is 23.3 Å². The lowest BCUT2D eigenvalue weighted by atomic mass is 10.1. The number of halogens is 4. The summed E-state index contributed by atoms with van der Waals surface area (Å²) in [6, 6.07) is 5.16. The molecule has 0 unspecified atom stereocenters. The van der Waals surface area contributed by atoms with Gasteiger partial charge in [0.2, 0.25) is 0 Å². The molecule has 144 valence electrons. The van der Waals surface area contributed by atoms with Crippen LogP contribution in [0.3, 0.4) is 0 Å². The summed E-state index contributed by atoms with van der Waals surface area (Å²) in [5.41, 5.74) is 1.24. The van der Waals surface area contributed by atoms with Crippen LogP contribution in [0.15, 0.2) is 41.7 Å². The molecule has 0 radical (unpaired) electrons. The third kappa shape index (κ3) is 6.50. The van der Waals surface area contributed by atoms with E-state index in [4.69, 9.17) is 0 Å². The Bertz CT molecular complexity index is 710. The first-order valence-corrected chi connectivity index (χ1v) is 7.86. The smallest absolute Gasteiger partial charge is 0.354 e. The number of hydrogen-bond acceptors (Lipinski definition) is 2. The SMILES string of the molecule is CN=C(NCCn1cc(C)cn1)N(C)Cc1ccc(C(F)(F)F)cc1.I. The van der Waals surface area contributed by atoms with Crippen molar-refractivity contribution in [2.75, 3.05) is 20.6 Å². The van der Waals surface area contributed by atoms with Crippen LogP contribution in [-0.4, -0.2) is 41.3 Å². The second kappa shape index (κ2) is 9.79. The Balaban J connectivity index is 0.00000338. The summed E-state index contributed by atoms with van der Waals surface area (Å²) < 4.78 is 39.6. The Morgan fingerprint density at radius 3 is 2.42 bits per heavy atom. The first-order valence-electron chi connectivity index (χ1n) is 7.86. The van der Waals surface area contributed by atoms with Crippen molar-refractivity contribution >= 4 is 29.9 Å². The molecule has 1 aromatic heterocycles. The summed E-state index contributed by atoms with van der Waals surface area (Å²) in [7, 11) is 3.51. The van der Waals surface area contributed by atoms with Gasteiger partial charge in [-0.3, -0.25) is 9.67 Å². The summed E-state index contributed by atoms with van der Waals surface area (Å²) in [5, 5.41) is 7.43. The number of alkyl halides is 3. The van der Waals surface area contributed by atoms with Gasteiger partial charge in [-0.2, -0.15) is 18.3 Å². The number of hydrogen-bond donors (Lipinski definition) is 1. The Hall–Kier alpha value is -1.78. The van der Waals surface area contributed by atoms with Crippen LogP contribution in [0.5, 0.6) is 0 Å². The zero-order chi connectivity index (χ0) is 18.4. The van der Waals surface area contributed by atoms with Crippen LogP contribution < -0.4 is 5.32 Å². The van der Waals surface area contributed by atoms with Crippen LogP contribution in [0, 0.1) is 6.92 Å². The van der Waals surface area contributed by atoms with Crippen molar-refractivity contribution in [1.82, 2.24) is 20.0 Å². The van der Waals surface area contributed by atoms with E-state index in [0.29, 0.717) is 25.6 Å². The third-order valence-electron chi connectivity index (χ3n) is 3.66. The molecule has 0 bridgehead atoms. The van der Waals surface area contributed by atoms with Crippen molar-refractivity contribution in [3.05, 3.63) is 53.3 Å². The number of guanidine groups is 1. The normalized spacial score (nSPS) is 11.8. The third-order valence-corrected chi connectivity index (χ3v) is 3.66. The van der Waals surface area contributed by atoms with E-state index in [9.17, 15) is 13.2 Å². The molecule has 2 rings (SSSR count). The van der Waals surface area contributed by atoms with Crippen LogP contribution >= 0.6 is 24.0 Å². The van der Waals surface area contributed by atoms with Crippen molar-refractivity contribution in [1.29, 1.82) is 0 Å². The predicted octanol–water partition coefficient (Wildman–Crippen LogP) is 3.54. The number of nitrogens with one attached hydrogen (secondary N) is 1. The average Bonchev–Trinajstić information content (AvgIpc) is 2.96. The van der Waals surface area contributed by atoms with Crippen molar-refractivity contribution in [2.45, 2.75) is 26.2 Å². The highest BCUT2D eigenvalue weighted by molar-refractivity contribution is 14.0. The summed E-state index contributed by atoms with van der Waals surface area (Å²) in [6.07, 6.45) is -0.561. The standard InChI is InChI=1S/C17H22F3N5.HI/c1-13-10-23-25(11-13)9-8-22-16(21-2)24(3)12-14-4-6-15(7-5-14)17(18,19)20;/h4-7,10-11H,8-9,12H2,1-3H3,(H,21,22);1H. The first kappa shape index (κ1) is 22.3. The van der Waals surface area contributed by atoms with Crippen molar-refractivity contribution < 1.29 is 13.2 Å². The van der Waals surface area contributed by atoms with Crippen LogP contribution in [-0.2, 0) is 19.3 Å². The van der Waals surface area contributed by atoms with E-state index >= 15 is 0 Å². The minimum Gasteiger partial charge on any atom is -0.354 e. The molecular formula is C17H23F3IN5. The number of nitrogens with zero attached hydrogens (tertiary/aromatic N) is 4. The molecule has 9 heteroatoms. The highest BCUT2D eigenvalue weighted by atomic mass is 127. The maximum Gasteiger partial charge on any atom is 0.416 e. The molecule has 0 atom stereocenters. The second-order valence-electron chi connectivity index (χ2n) is 5.81. The summed E-state index contributed by atoms with van der Waals surface area (Å²) in [4.78, 5) is 6.06. The highest BCUT2D eigenvalue weighted by Crippen LogP contribution is 2.29. The van der Waals surface area contributed by atoms with E-state index in [2.05, 4.69) is 15.4 Å². The Morgan fingerprint density at radius 1 is 1.27 bits per heavy atom. The molecule has 0 aliphatic heterocycles. The molecule has 1 N–H and O–H groups in total. The zero-order valence-electron chi connectivity index (χ0n) is 14.9. The van der Waals surface area contributed by atoms with Gasteiger partial charge in [-0.15, -0.1) is 24.0 Å². The number of aryl methyl sites for hydroxylation is 1. The highest BCUT2D eigenvalue weighted by Gasteiger charge is 2.29. The van der Waals surface area contributed by atoms with Gasteiger partial charge < -0.3 is 10.2 Å². The maximum absolute atomic E-state index is 12.6.